The van der Waals surface area contributed by atoms with Crippen LogP contribution in [0.3, 0.4) is 0 Å². The van der Waals surface area contributed by atoms with Gasteiger partial charge in [0.15, 0.2) is 0 Å². The number of methoxy groups -OCH3 is 1. The molecule has 0 heterocycles. The molecule has 0 fully saturated rings. The minimum Gasteiger partial charge on any atom is -0.384 e. The Morgan fingerprint density at radius 1 is 1.29 bits per heavy atom. The summed E-state index contributed by atoms with van der Waals surface area (Å²) in [5.74, 6) is 0.416. The average molecular weight is 235 g/mol. The fourth-order valence-electron chi connectivity index (χ4n) is 1.83. The number of hydrogen-bond acceptors (Lipinski definition) is 2. The summed E-state index contributed by atoms with van der Waals surface area (Å²) in [6, 6.07) is 8.67. The minimum atomic E-state index is 0.149. The monoisotopic (exact) mass is 235 g/mol. The summed E-state index contributed by atoms with van der Waals surface area (Å²) >= 11 is 0. The second kappa shape index (κ2) is 6.18. The van der Waals surface area contributed by atoms with E-state index in [1.165, 1.54) is 11.1 Å². The van der Waals surface area contributed by atoms with Crippen LogP contribution in [0.15, 0.2) is 24.3 Å². The highest BCUT2D eigenvalue weighted by molar-refractivity contribution is 5.26. The van der Waals surface area contributed by atoms with E-state index in [0.717, 1.165) is 13.2 Å². The normalized spacial score (nSPS) is 13.7. The fraction of sp³-hybridized carbons (Fsp3) is 0.600. The zero-order valence-corrected chi connectivity index (χ0v) is 11.7. The van der Waals surface area contributed by atoms with Gasteiger partial charge in [0.05, 0.1) is 6.61 Å². The second-order valence-corrected chi connectivity index (χ2v) is 5.70. The lowest BCUT2D eigenvalue weighted by molar-refractivity contribution is 0.174. The van der Waals surface area contributed by atoms with Crippen LogP contribution >= 0.6 is 0 Å². The maximum Gasteiger partial charge on any atom is 0.0543 e. The van der Waals surface area contributed by atoms with E-state index < -0.39 is 0 Å². The number of benzene rings is 1. The molecular weight excluding hydrogens is 210 g/mol. The molecule has 0 saturated heterocycles. The van der Waals surface area contributed by atoms with Gasteiger partial charge in [0.25, 0.3) is 0 Å². The highest BCUT2D eigenvalue weighted by Gasteiger charge is 2.15. The predicted octanol–water partition coefficient (Wildman–Crippen LogP) is 3.11. The zero-order chi connectivity index (χ0) is 12.9. The molecule has 0 saturated carbocycles. The van der Waals surface area contributed by atoms with Gasteiger partial charge in [0, 0.05) is 25.1 Å². The number of nitrogens with one attached hydrogen (secondary N) is 1. The molecule has 0 aliphatic heterocycles. The van der Waals surface area contributed by atoms with Gasteiger partial charge < -0.3 is 10.1 Å². The number of rotatable bonds is 5. The summed E-state index contributed by atoms with van der Waals surface area (Å²) in [4.78, 5) is 0. The molecule has 1 aromatic carbocycles. The van der Waals surface area contributed by atoms with Gasteiger partial charge in [-0.2, -0.15) is 0 Å². The molecular formula is C15H25NO. The van der Waals surface area contributed by atoms with Crippen molar-refractivity contribution in [3.05, 3.63) is 35.4 Å². The van der Waals surface area contributed by atoms with E-state index in [9.17, 15) is 0 Å². The minimum absolute atomic E-state index is 0.149. The lowest BCUT2D eigenvalue weighted by Crippen LogP contribution is -2.39. The molecule has 96 valence electrons. The molecule has 0 bridgehead atoms. The lowest BCUT2D eigenvalue weighted by Gasteiger charge is -2.25. The summed E-state index contributed by atoms with van der Waals surface area (Å²) in [7, 11) is 1.76. The molecule has 0 radical (unpaired) electrons. The largest absolute Gasteiger partial charge is 0.384 e. The quantitative estimate of drug-likeness (QED) is 0.846. The van der Waals surface area contributed by atoms with Gasteiger partial charge >= 0.3 is 0 Å². The SMILES string of the molecule is COCC(CNC(C)(C)C)c1cccc(C)c1. The van der Waals surface area contributed by atoms with Crippen molar-refractivity contribution >= 4 is 0 Å². The van der Waals surface area contributed by atoms with Crippen LogP contribution < -0.4 is 5.32 Å². The number of ether oxygens (including phenoxy) is 1. The first kappa shape index (κ1) is 14.2. The van der Waals surface area contributed by atoms with Gasteiger partial charge in [-0.05, 0) is 33.3 Å². The van der Waals surface area contributed by atoms with Gasteiger partial charge in [-0.3, -0.25) is 0 Å². The third-order valence-electron chi connectivity index (χ3n) is 2.76. The Morgan fingerprint density at radius 2 is 2.00 bits per heavy atom. The smallest absolute Gasteiger partial charge is 0.0543 e. The molecule has 1 unspecified atom stereocenters. The van der Waals surface area contributed by atoms with Crippen molar-refractivity contribution in [2.24, 2.45) is 0 Å². The summed E-state index contributed by atoms with van der Waals surface area (Å²) in [5, 5.41) is 3.54. The number of aryl methyl sites for hydroxylation is 1. The molecule has 1 atom stereocenters. The molecule has 2 nitrogen and oxygen atoms in total. The van der Waals surface area contributed by atoms with Gasteiger partial charge in [0.2, 0.25) is 0 Å². The third kappa shape index (κ3) is 5.33. The van der Waals surface area contributed by atoms with E-state index in [0.29, 0.717) is 5.92 Å². The van der Waals surface area contributed by atoms with Crippen molar-refractivity contribution in [3.8, 4) is 0 Å². The predicted molar refractivity (Wildman–Crippen MR) is 73.6 cm³/mol. The molecule has 0 spiro atoms. The Labute approximate surface area is 105 Å². The highest BCUT2D eigenvalue weighted by atomic mass is 16.5. The van der Waals surface area contributed by atoms with Crippen LogP contribution in [0.5, 0.6) is 0 Å². The van der Waals surface area contributed by atoms with Gasteiger partial charge in [-0.15, -0.1) is 0 Å². The molecule has 1 aromatic rings. The Balaban J connectivity index is 2.71. The molecule has 1 rings (SSSR count). The van der Waals surface area contributed by atoms with Gasteiger partial charge in [-0.25, -0.2) is 0 Å². The first-order chi connectivity index (χ1) is 7.92. The first-order valence-corrected chi connectivity index (χ1v) is 6.23. The Morgan fingerprint density at radius 3 is 2.53 bits per heavy atom. The zero-order valence-electron chi connectivity index (χ0n) is 11.7. The summed E-state index contributed by atoms with van der Waals surface area (Å²) < 4.78 is 5.32. The van der Waals surface area contributed by atoms with Crippen LogP contribution in [0.1, 0.15) is 37.8 Å². The van der Waals surface area contributed by atoms with Crippen LogP contribution in [0.2, 0.25) is 0 Å². The lowest BCUT2D eigenvalue weighted by atomic mass is 9.97. The molecule has 0 amide bonds. The molecule has 0 aliphatic carbocycles. The summed E-state index contributed by atoms with van der Waals surface area (Å²) in [5.41, 5.74) is 2.80. The van der Waals surface area contributed by atoms with Crippen LogP contribution in [-0.2, 0) is 4.74 Å². The van der Waals surface area contributed by atoms with Gasteiger partial charge in [0.1, 0.15) is 0 Å². The maximum absolute atomic E-state index is 5.32. The van der Waals surface area contributed by atoms with Crippen molar-refractivity contribution < 1.29 is 4.74 Å². The van der Waals surface area contributed by atoms with E-state index in [1.807, 2.05) is 0 Å². The van der Waals surface area contributed by atoms with Crippen LogP contribution in [0, 0.1) is 6.92 Å². The Kier molecular flexibility index (Phi) is 5.16. The van der Waals surface area contributed by atoms with Crippen LogP contribution in [0.4, 0.5) is 0 Å². The highest BCUT2D eigenvalue weighted by Crippen LogP contribution is 2.17. The topological polar surface area (TPSA) is 21.3 Å². The standard InChI is InChI=1S/C15H25NO/c1-12-7-6-8-13(9-12)14(11-17-5)10-16-15(2,3)4/h6-9,14,16H,10-11H2,1-5H3. The van der Waals surface area contributed by atoms with Crippen LogP contribution in [0.25, 0.3) is 0 Å². The summed E-state index contributed by atoms with van der Waals surface area (Å²) in [6.45, 7) is 10.4. The van der Waals surface area contributed by atoms with E-state index in [1.54, 1.807) is 7.11 Å². The van der Waals surface area contributed by atoms with E-state index in [2.05, 4.69) is 57.3 Å². The molecule has 0 aromatic heterocycles. The Bertz CT molecular complexity index is 341. The summed E-state index contributed by atoms with van der Waals surface area (Å²) in [6.07, 6.45) is 0. The van der Waals surface area contributed by atoms with Gasteiger partial charge in [-0.1, -0.05) is 29.8 Å². The maximum atomic E-state index is 5.32. The number of hydrogen-bond donors (Lipinski definition) is 1. The van der Waals surface area contributed by atoms with Crippen molar-refractivity contribution in [2.45, 2.75) is 39.2 Å². The van der Waals surface area contributed by atoms with E-state index in [4.69, 9.17) is 4.74 Å². The van der Waals surface area contributed by atoms with Crippen molar-refractivity contribution in [3.63, 3.8) is 0 Å². The van der Waals surface area contributed by atoms with E-state index >= 15 is 0 Å². The second-order valence-electron chi connectivity index (χ2n) is 5.70. The molecule has 0 aliphatic rings. The van der Waals surface area contributed by atoms with Crippen molar-refractivity contribution in [2.75, 3.05) is 20.3 Å². The van der Waals surface area contributed by atoms with Crippen molar-refractivity contribution in [1.29, 1.82) is 0 Å². The van der Waals surface area contributed by atoms with Crippen molar-refractivity contribution in [1.82, 2.24) is 5.32 Å². The fourth-order valence-corrected chi connectivity index (χ4v) is 1.83. The Hall–Kier alpha value is -0.860. The molecule has 17 heavy (non-hydrogen) atoms. The average Bonchev–Trinajstić information content (AvgIpc) is 2.23. The first-order valence-electron chi connectivity index (χ1n) is 6.23. The van der Waals surface area contributed by atoms with E-state index in [-0.39, 0.29) is 5.54 Å². The molecule has 2 heteroatoms. The third-order valence-corrected chi connectivity index (χ3v) is 2.76. The van der Waals surface area contributed by atoms with Crippen LogP contribution in [-0.4, -0.2) is 25.8 Å². The molecule has 1 N–H and O–H groups in total.